The first kappa shape index (κ1) is 15.8. The van der Waals surface area contributed by atoms with Crippen LogP contribution in [0.2, 0.25) is 0 Å². The van der Waals surface area contributed by atoms with E-state index in [9.17, 15) is 5.02 Å². The maximum absolute atomic E-state index is 10.8. The molecule has 4 rings (SSSR count). The molecule has 2 aliphatic rings. The normalized spacial score (nSPS) is 17.1. The van der Waals surface area contributed by atoms with Gasteiger partial charge in [-0.25, -0.2) is 0 Å². The van der Waals surface area contributed by atoms with E-state index in [1.807, 2.05) is 30.0 Å². The Morgan fingerprint density at radius 3 is 2.50 bits per heavy atom. The molecule has 2 aromatic rings. The monoisotopic (exact) mass is 336 g/mol. The summed E-state index contributed by atoms with van der Waals surface area (Å²) in [6, 6.07) is 16.4. The highest BCUT2D eigenvalue weighted by atomic mass is 32.2. The van der Waals surface area contributed by atoms with Crippen LogP contribution in [0.15, 0.2) is 58.5 Å². The second-order valence-corrected chi connectivity index (χ2v) is 8.38. The Hall–Kier alpha value is -1.72. The van der Waals surface area contributed by atoms with Crippen LogP contribution >= 0.6 is 11.8 Å². The van der Waals surface area contributed by atoms with Crippen molar-refractivity contribution in [3.05, 3.63) is 54.1 Å². The Balaban J connectivity index is 1.69. The number of fused-ring (bicyclic) bond motifs is 1. The van der Waals surface area contributed by atoms with E-state index in [2.05, 4.69) is 44.2 Å². The number of anilines is 1. The van der Waals surface area contributed by atoms with Crippen LogP contribution in [0.1, 0.15) is 32.3 Å². The summed E-state index contributed by atoms with van der Waals surface area (Å²) in [5.41, 5.74) is 4.12. The molecule has 1 aliphatic heterocycles. The van der Waals surface area contributed by atoms with Gasteiger partial charge in [-0.1, -0.05) is 38.1 Å². The van der Waals surface area contributed by atoms with Gasteiger partial charge < -0.3 is 5.02 Å². The van der Waals surface area contributed by atoms with Crippen LogP contribution in [0, 0.1) is 5.92 Å². The van der Waals surface area contributed by atoms with Gasteiger partial charge in [-0.05, 0) is 48.1 Å². The Labute approximate surface area is 147 Å². The van der Waals surface area contributed by atoms with Gasteiger partial charge in [0.1, 0.15) is 0 Å². The maximum Gasteiger partial charge on any atom is 0.471 e. The Morgan fingerprint density at radius 1 is 1.12 bits per heavy atom. The molecule has 1 saturated carbocycles. The predicted molar refractivity (Wildman–Crippen MR) is 103 cm³/mol. The summed E-state index contributed by atoms with van der Waals surface area (Å²) in [5.74, 6) is 0.539. The van der Waals surface area contributed by atoms with Gasteiger partial charge in [-0.3, -0.25) is 4.92 Å². The maximum atomic E-state index is 10.8. The van der Waals surface area contributed by atoms with Crippen molar-refractivity contribution in [2.75, 3.05) is 4.92 Å². The van der Waals surface area contributed by atoms with Crippen molar-refractivity contribution in [1.82, 2.24) is 0 Å². The van der Waals surface area contributed by atoms with Crippen LogP contribution in [0.5, 0.6) is 0 Å². The van der Waals surface area contributed by atoms with Gasteiger partial charge in [0.05, 0.1) is 5.71 Å². The third kappa shape index (κ3) is 2.98. The van der Waals surface area contributed by atoms with Crippen LogP contribution in [-0.4, -0.2) is 23.0 Å². The van der Waals surface area contributed by atoms with Gasteiger partial charge in [0.2, 0.25) is 0 Å². The summed E-state index contributed by atoms with van der Waals surface area (Å²) < 4.78 is 0. The van der Waals surface area contributed by atoms with Gasteiger partial charge in [0.15, 0.2) is 0 Å². The smallest absolute Gasteiger partial charge is 0.427 e. The second-order valence-electron chi connectivity index (χ2n) is 6.73. The minimum Gasteiger partial charge on any atom is -0.427 e. The topological polar surface area (TPSA) is 35.8 Å². The number of rotatable bonds is 4. The molecule has 0 unspecified atom stereocenters. The molecule has 2 aromatic carbocycles. The van der Waals surface area contributed by atoms with E-state index in [0.29, 0.717) is 11.2 Å². The van der Waals surface area contributed by atoms with Crippen LogP contribution in [-0.2, 0) is 0 Å². The van der Waals surface area contributed by atoms with E-state index in [0.717, 1.165) is 22.4 Å². The lowest BCUT2D eigenvalue weighted by Gasteiger charge is -2.30. The molecule has 0 spiro atoms. The number of thioether (sulfide) groups is 1. The van der Waals surface area contributed by atoms with Crippen molar-refractivity contribution in [3.8, 4) is 0 Å². The SMILES string of the molecule is CC(C)Sc1ccc(N2N=C(C3CC3)c3ccccc3B2O)cc1. The highest BCUT2D eigenvalue weighted by Crippen LogP contribution is 2.35. The van der Waals surface area contributed by atoms with E-state index in [1.165, 1.54) is 17.7 Å². The fourth-order valence-electron chi connectivity index (χ4n) is 3.12. The number of nitrogens with zero attached hydrogens (tertiary/aromatic N) is 2. The molecule has 122 valence electrons. The molecule has 1 fully saturated rings. The van der Waals surface area contributed by atoms with Crippen molar-refractivity contribution < 1.29 is 5.02 Å². The lowest BCUT2D eigenvalue weighted by Crippen LogP contribution is -2.52. The van der Waals surface area contributed by atoms with Gasteiger partial charge >= 0.3 is 7.05 Å². The molecule has 24 heavy (non-hydrogen) atoms. The molecule has 1 N–H and O–H groups in total. The molecule has 0 aromatic heterocycles. The molecular weight excluding hydrogens is 315 g/mol. The molecule has 0 bridgehead atoms. The van der Waals surface area contributed by atoms with Gasteiger partial charge in [-0.15, -0.1) is 11.8 Å². The molecule has 0 amide bonds. The molecule has 5 heteroatoms. The number of hydrogen-bond acceptors (Lipinski definition) is 4. The van der Waals surface area contributed by atoms with Crippen molar-refractivity contribution in [3.63, 3.8) is 0 Å². The molecule has 1 heterocycles. The highest BCUT2D eigenvalue weighted by Gasteiger charge is 2.38. The van der Waals surface area contributed by atoms with Crippen LogP contribution in [0.3, 0.4) is 0 Å². The average Bonchev–Trinajstić information content (AvgIpc) is 3.41. The molecule has 3 nitrogen and oxygen atoms in total. The van der Waals surface area contributed by atoms with Crippen molar-refractivity contribution in [2.45, 2.75) is 36.8 Å². The first-order valence-corrected chi connectivity index (χ1v) is 9.43. The number of hydrogen-bond donors (Lipinski definition) is 1. The lowest BCUT2D eigenvalue weighted by molar-refractivity contribution is 0.577. The molecular formula is C19H21BN2OS. The zero-order valence-electron chi connectivity index (χ0n) is 14.0. The minimum atomic E-state index is -0.729. The summed E-state index contributed by atoms with van der Waals surface area (Å²) in [7, 11) is -0.729. The standard InChI is InChI=1S/C19H21BN2OS/c1-13(2)24-16-11-9-15(10-12-16)22-20(23)18-6-4-3-5-17(18)19(21-22)14-7-8-14/h3-6,9-14,23H,7-8H2,1-2H3. The third-order valence-corrected chi connectivity index (χ3v) is 5.41. The zero-order valence-corrected chi connectivity index (χ0v) is 14.8. The highest BCUT2D eigenvalue weighted by molar-refractivity contribution is 7.99. The largest absolute Gasteiger partial charge is 0.471 e. The fraction of sp³-hybridized carbons (Fsp3) is 0.316. The van der Waals surface area contributed by atoms with Crippen LogP contribution < -0.4 is 10.4 Å². The fourth-order valence-corrected chi connectivity index (χ4v) is 3.96. The van der Waals surface area contributed by atoms with E-state index in [1.54, 1.807) is 4.92 Å². The summed E-state index contributed by atoms with van der Waals surface area (Å²) in [5, 5.41) is 16.2. The Bertz CT molecular complexity index is 771. The second kappa shape index (κ2) is 6.30. The first-order chi connectivity index (χ1) is 11.6. The number of hydrazone groups is 1. The average molecular weight is 336 g/mol. The van der Waals surface area contributed by atoms with Gasteiger partial charge in [-0.2, -0.15) is 5.10 Å². The first-order valence-electron chi connectivity index (χ1n) is 8.55. The quantitative estimate of drug-likeness (QED) is 0.686. The van der Waals surface area contributed by atoms with Crippen LogP contribution in [0.25, 0.3) is 0 Å². The minimum absolute atomic E-state index is 0.539. The van der Waals surface area contributed by atoms with E-state index in [4.69, 9.17) is 5.10 Å². The predicted octanol–water partition coefficient (Wildman–Crippen LogP) is 3.51. The summed E-state index contributed by atoms with van der Waals surface area (Å²) in [4.78, 5) is 3.01. The third-order valence-electron chi connectivity index (χ3n) is 4.40. The molecule has 1 aliphatic carbocycles. The Kier molecular flexibility index (Phi) is 4.15. The van der Waals surface area contributed by atoms with Crippen molar-refractivity contribution in [2.24, 2.45) is 11.0 Å². The summed E-state index contributed by atoms with van der Waals surface area (Å²) >= 11 is 1.84. The van der Waals surface area contributed by atoms with Gasteiger partial charge in [0.25, 0.3) is 0 Å². The lowest BCUT2D eigenvalue weighted by atomic mass is 9.68. The molecule has 0 saturated heterocycles. The summed E-state index contributed by atoms with van der Waals surface area (Å²) in [6.45, 7) is 4.38. The van der Waals surface area contributed by atoms with Crippen molar-refractivity contribution in [1.29, 1.82) is 0 Å². The van der Waals surface area contributed by atoms with E-state index in [-0.39, 0.29) is 0 Å². The summed E-state index contributed by atoms with van der Waals surface area (Å²) in [6.07, 6.45) is 2.39. The molecule has 0 atom stereocenters. The zero-order chi connectivity index (χ0) is 16.7. The van der Waals surface area contributed by atoms with Crippen molar-refractivity contribution >= 4 is 35.7 Å². The van der Waals surface area contributed by atoms with Crippen LogP contribution in [0.4, 0.5) is 5.69 Å². The number of benzene rings is 2. The van der Waals surface area contributed by atoms with Gasteiger partial charge in [0, 0.05) is 21.8 Å². The Morgan fingerprint density at radius 2 is 1.83 bits per heavy atom. The molecule has 0 radical (unpaired) electrons. The van der Waals surface area contributed by atoms with E-state index < -0.39 is 7.05 Å². The van der Waals surface area contributed by atoms with E-state index >= 15 is 0 Å².